The van der Waals surface area contributed by atoms with E-state index in [1.807, 2.05) is 55.7 Å². The van der Waals surface area contributed by atoms with Gasteiger partial charge in [-0.25, -0.2) is 4.98 Å². The van der Waals surface area contributed by atoms with Gasteiger partial charge in [-0.1, -0.05) is 28.1 Å². The maximum Gasteiger partial charge on any atom is 0.156 e. The Morgan fingerprint density at radius 3 is 2.86 bits per heavy atom. The van der Waals surface area contributed by atoms with Crippen LogP contribution in [0.1, 0.15) is 5.69 Å². The SMILES string of the molecule is COc1cccc(N(C)c2nc3ccccn3c2CBr)c1. The molecule has 0 atom stereocenters. The van der Waals surface area contributed by atoms with E-state index in [0.29, 0.717) is 0 Å². The van der Waals surface area contributed by atoms with Gasteiger partial charge in [-0.3, -0.25) is 0 Å². The number of hydrogen-bond acceptors (Lipinski definition) is 3. The Morgan fingerprint density at radius 1 is 1.24 bits per heavy atom. The van der Waals surface area contributed by atoms with Crippen LogP contribution in [0.3, 0.4) is 0 Å². The standard InChI is InChI=1S/C16H16BrN3O/c1-19(12-6-5-7-13(10-12)21-2)16-14(11-17)20-9-4-3-8-15(20)18-16/h3-10H,11H2,1-2H3. The predicted octanol–water partition coefficient (Wildman–Crippen LogP) is 4.01. The Bertz CT molecular complexity index is 769. The third-order valence-electron chi connectivity index (χ3n) is 3.49. The number of ether oxygens (including phenoxy) is 1. The zero-order valence-electron chi connectivity index (χ0n) is 12.0. The molecule has 2 heterocycles. The highest BCUT2D eigenvalue weighted by Gasteiger charge is 2.16. The minimum atomic E-state index is 0.738. The number of nitrogens with zero attached hydrogens (tertiary/aromatic N) is 3. The van der Waals surface area contributed by atoms with Crippen molar-refractivity contribution in [3.8, 4) is 5.75 Å². The molecule has 5 heteroatoms. The quantitative estimate of drug-likeness (QED) is 0.669. The second-order valence-corrected chi connectivity index (χ2v) is 5.27. The molecule has 0 aliphatic carbocycles. The van der Waals surface area contributed by atoms with Crippen LogP contribution in [-0.4, -0.2) is 23.5 Å². The highest BCUT2D eigenvalue weighted by atomic mass is 79.9. The lowest BCUT2D eigenvalue weighted by Gasteiger charge is -2.18. The van der Waals surface area contributed by atoms with E-state index in [9.17, 15) is 0 Å². The molecule has 0 N–H and O–H groups in total. The summed E-state index contributed by atoms with van der Waals surface area (Å²) in [5.41, 5.74) is 3.10. The Morgan fingerprint density at radius 2 is 2.10 bits per heavy atom. The molecular formula is C16H16BrN3O. The molecular weight excluding hydrogens is 330 g/mol. The summed E-state index contributed by atoms with van der Waals surface area (Å²) in [5.74, 6) is 1.77. The average molecular weight is 346 g/mol. The lowest BCUT2D eigenvalue weighted by Crippen LogP contribution is -2.12. The minimum Gasteiger partial charge on any atom is -0.497 e. The third-order valence-corrected chi connectivity index (χ3v) is 4.02. The van der Waals surface area contributed by atoms with Crippen molar-refractivity contribution in [1.29, 1.82) is 0 Å². The van der Waals surface area contributed by atoms with Crippen LogP contribution in [0.4, 0.5) is 11.5 Å². The van der Waals surface area contributed by atoms with Gasteiger partial charge >= 0.3 is 0 Å². The van der Waals surface area contributed by atoms with E-state index in [2.05, 4.69) is 25.2 Å². The van der Waals surface area contributed by atoms with Crippen molar-refractivity contribution in [2.75, 3.05) is 19.1 Å². The number of anilines is 2. The summed E-state index contributed by atoms with van der Waals surface area (Å²) in [6.07, 6.45) is 2.03. The molecule has 0 unspecified atom stereocenters. The molecule has 0 aliphatic rings. The van der Waals surface area contributed by atoms with Crippen molar-refractivity contribution in [3.63, 3.8) is 0 Å². The van der Waals surface area contributed by atoms with E-state index in [1.165, 1.54) is 0 Å². The van der Waals surface area contributed by atoms with Crippen LogP contribution in [0.5, 0.6) is 5.75 Å². The predicted molar refractivity (Wildman–Crippen MR) is 88.9 cm³/mol. The summed E-state index contributed by atoms with van der Waals surface area (Å²) >= 11 is 3.57. The van der Waals surface area contributed by atoms with Gasteiger partial charge in [0.15, 0.2) is 5.82 Å². The monoisotopic (exact) mass is 345 g/mol. The lowest BCUT2D eigenvalue weighted by molar-refractivity contribution is 0.415. The maximum absolute atomic E-state index is 5.29. The molecule has 0 aliphatic heterocycles. The van der Waals surface area contributed by atoms with Gasteiger partial charge in [0.1, 0.15) is 11.4 Å². The zero-order valence-corrected chi connectivity index (χ0v) is 13.5. The number of methoxy groups -OCH3 is 1. The molecule has 1 aromatic carbocycles. The van der Waals surface area contributed by atoms with Gasteiger partial charge in [0, 0.05) is 30.3 Å². The first-order valence-corrected chi connectivity index (χ1v) is 7.76. The topological polar surface area (TPSA) is 29.8 Å². The van der Waals surface area contributed by atoms with E-state index in [0.717, 1.165) is 33.9 Å². The van der Waals surface area contributed by atoms with Crippen LogP contribution in [-0.2, 0) is 5.33 Å². The van der Waals surface area contributed by atoms with E-state index >= 15 is 0 Å². The van der Waals surface area contributed by atoms with E-state index in [4.69, 9.17) is 9.72 Å². The molecule has 0 saturated heterocycles. The van der Waals surface area contributed by atoms with Gasteiger partial charge in [0.25, 0.3) is 0 Å². The molecule has 3 aromatic rings. The Balaban J connectivity index is 2.10. The van der Waals surface area contributed by atoms with Gasteiger partial charge in [0.2, 0.25) is 0 Å². The van der Waals surface area contributed by atoms with Gasteiger partial charge in [-0.05, 0) is 24.3 Å². The largest absolute Gasteiger partial charge is 0.497 e. The van der Waals surface area contributed by atoms with E-state index in [1.54, 1.807) is 7.11 Å². The number of alkyl halides is 1. The molecule has 0 amide bonds. The van der Waals surface area contributed by atoms with Crippen molar-refractivity contribution >= 4 is 33.1 Å². The molecule has 108 valence electrons. The maximum atomic E-state index is 5.29. The number of rotatable bonds is 4. The Labute approximate surface area is 132 Å². The van der Waals surface area contributed by atoms with Gasteiger partial charge in [-0.15, -0.1) is 0 Å². The second kappa shape index (κ2) is 5.77. The summed E-state index contributed by atoms with van der Waals surface area (Å²) in [6, 6.07) is 14.0. The van der Waals surface area contributed by atoms with E-state index < -0.39 is 0 Å². The van der Waals surface area contributed by atoms with Crippen LogP contribution in [0, 0.1) is 0 Å². The first-order valence-electron chi connectivity index (χ1n) is 6.64. The van der Waals surface area contributed by atoms with Gasteiger partial charge in [-0.2, -0.15) is 0 Å². The van der Waals surface area contributed by atoms with Crippen LogP contribution in [0.2, 0.25) is 0 Å². The van der Waals surface area contributed by atoms with Crippen molar-refractivity contribution in [2.45, 2.75) is 5.33 Å². The van der Waals surface area contributed by atoms with Crippen LogP contribution in [0.15, 0.2) is 48.7 Å². The van der Waals surface area contributed by atoms with Crippen LogP contribution < -0.4 is 9.64 Å². The third kappa shape index (κ3) is 2.49. The van der Waals surface area contributed by atoms with Gasteiger partial charge in [0.05, 0.1) is 12.8 Å². The van der Waals surface area contributed by atoms with Crippen molar-refractivity contribution in [3.05, 3.63) is 54.4 Å². The van der Waals surface area contributed by atoms with Crippen molar-refractivity contribution in [2.24, 2.45) is 0 Å². The first-order chi connectivity index (χ1) is 10.2. The fourth-order valence-electron chi connectivity index (χ4n) is 2.37. The number of halogens is 1. The minimum absolute atomic E-state index is 0.738. The molecule has 21 heavy (non-hydrogen) atoms. The second-order valence-electron chi connectivity index (χ2n) is 4.71. The average Bonchev–Trinajstić information content (AvgIpc) is 2.92. The first kappa shape index (κ1) is 13.9. The molecule has 0 spiro atoms. The summed E-state index contributed by atoms with van der Waals surface area (Å²) in [6.45, 7) is 0. The summed E-state index contributed by atoms with van der Waals surface area (Å²) in [7, 11) is 3.69. The molecule has 0 radical (unpaired) electrons. The zero-order chi connectivity index (χ0) is 14.8. The number of aromatic nitrogens is 2. The molecule has 3 rings (SSSR count). The van der Waals surface area contributed by atoms with Crippen LogP contribution >= 0.6 is 15.9 Å². The van der Waals surface area contributed by atoms with Crippen molar-refractivity contribution < 1.29 is 4.74 Å². The highest BCUT2D eigenvalue weighted by Crippen LogP contribution is 2.30. The summed E-state index contributed by atoms with van der Waals surface area (Å²) < 4.78 is 7.39. The Hall–Kier alpha value is -2.01. The van der Waals surface area contributed by atoms with E-state index in [-0.39, 0.29) is 0 Å². The van der Waals surface area contributed by atoms with Crippen LogP contribution in [0.25, 0.3) is 5.65 Å². The fourth-order valence-corrected chi connectivity index (χ4v) is 2.89. The number of hydrogen-bond donors (Lipinski definition) is 0. The van der Waals surface area contributed by atoms with Crippen molar-refractivity contribution in [1.82, 2.24) is 9.38 Å². The Kier molecular flexibility index (Phi) is 3.84. The molecule has 0 bridgehead atoms. The molecule has 2 aromatic heterocycles. The molecule has 4 nitrogen and oxygen atoms in total. The lowest BCUT2D eigenvalue weighted by atomic mass is 10.2. The number of benzene rings is 1. The number of pyridine rings is 1. The van der Waals surface area contributed by atoms with Gasteiger partial charge < -0.3 is 14.0 Å². The normalized spacial score (nSPS) is 10.8. The number of imidazole rings is 1. The fraction of sp³-hybridized carbons (Fsp3) is 0.188. The summed E-state index contributed by atoms with van der Waals surface area (Å²) in [5, 5.41) is 0.738. The smallest absolute Gasteiger partial charge is 0.156 e. The molecule has 0 fully saturated rings. The number of fused-ring (bicyclic) bond motifs is 1. The highest BCUT2D eigenvalue weighted by molar-refractivity contribution is 9.08. The summed E-state index contributed by atoms with van der Waals surface area (Å²) in [4.78, 5) is 6.81. The molecule has 0 saturated carbocycles.